The van der Waals surface area contributed by atoms with Gasteiger partial charge in [0.15, 0.2) is 0 Å². The third kappa shape index (κ3) is 4.36. The Bertz CT molecular complexity index is 848. The van der Waals surface area contributed by atoms with Crippen LogP contribution in [0.3, 0.4) is 0 Å². The molecule has 3 aromatic rings. The molecule has 0 heterocycles. The molecule has 4 heteroatoms. The lowest BCUT2D eigenvalue weighted by Crippen LogP contribution is -2.27. The molecule has 0 aromatic heterocycles. The Morgan fingerprint density at radius 1 is 1.04 bits per heavy atom. The van der Waals surface area contributed by atoms with E-state index in [1.165, 1.54) is 16.3 Å². The quantitative estimate of drug-likeness (QED) is 0.601. The van der Waals surface area contributed by atoms with Gasteiger partial charge in [0.1, 0.15) is 5.75 Å². The van der Waals surface area contributed by atoms with Crippen molar-refractivity contribution in [1.82, 2.24) is 5.32 Å². The van der Waals surface area contributed by atoms with Crippen LogP contribution in [0.15, 0.2) is 60.7 Å². The largest absolute Gasteiger partial charge is 0.494 e. The monoisotopic (exact) mass is 369 g/mol. The molecular weight excluding hydrogens is 346 g/mol. The number of hydrogen-bond donors (Lipinski definition) is 2. The number of aliphatic hydroxyl groups is 1. The first-order valence-corrected chi connectivity index (χ1v) is 9.34. The molecule has 2 N–H and O–H groups in total. The highest BCUT2D eigenvalue weighted by atomic mass is 35.5. The van der Waals surface area contributed by atoms with Crippen LogP contribution in [0, 0.1) is 0 Å². The maximum absolute atomic E-state index is 9.34. The molecule has 0 aliphatic heterocycles. The normalized spacial score (nSPS) is 12.3. The molecule has 0 aliphatic carbocycles. The van der Waals surface area contributed by atoms with Crippen molar-refractivity contribution in [2.45, 2.75) is 19.4 Å². The van der Waals surface area contributed by atoms with E-state index >= 15 is 0 Å². The van der Waals surface area contributed by atoms with Crippen molar-refractivity contribution in [3.8, 4) is 5.75 Å². The highest BCUT2D eigenvalue weighted by Gasteiger charge is 2.19. The van der Waals surface area contributed by atoms with E-state index in [-0.39, 0.29) is 12.6 Å². The van der Waals surface area contributed by atoms with Gasteiger partial charge in [0, 0.05) is 23.2 Å². The Morgan fingerprint density at radius 3 is 2.54 bits per heavy atom. The molecular formula is C22H24ClNO2. The minimum absolute atomic E-state index is 0.0241. The molecule has 0 amide bonds. The molecule has 0 saturated carbocycles. The van der Waals surface area contributed by atoms with Crippen LogP contribution in [0.1, 0.15) is 24.1 Å². The minimum atomic E-state index is 0.0241. The molecule has 0 bridgehead atoms. The van der Waals surface area contributed by atoms with E-state index in [2.05, 4.69) is 23.5 Å². The minimum Gasteiger partial charge on any atom is -0.494 e. The highest BCUT2D eigenvalue weighted by molar-refractivity contribution is 6.30. The van der Waals surface area contributed by atoms with Crippen LogP contribution in [0.5, 0.6) is 5.75 Å². The van der Waals surface area contributed by atoms with Crippen LogP contribution < -0.4 is 10.1 Å². The molecule has 0 spiro atoms. The highest BCUT2D eigenvalue weighted by Crippen LogP contribution is 2.35. The third-order valence-corrected chi connectivity index (χ3v) is 4.69. The summed E-state index contributed by atoms with van der Waals surface area (Å²) >= 11 is 6.02. The second kappa shape index (κ2) is 9.04. The van der Waals surface area contributed by atoms with Crippen LogP contribution in [0.25, 0.3) is 10.8 Å². The first-order valence-electron chi connectivity index (χ1n) is 8.96. The summed E-state index contributed by atoms with van der Waals surface area (Å²) < 4.78 is 5.94. The topological polar surface area (TPSA) is 41.5 Å². The van der Waals surface area contributed by atoms with Crippen molar-refractivity contribution in [2.75, 3.05) is 19.8 Å². The maximum Gasteiger partial charge on any atom is 0.124 e. The lowest BCUT2D eigenvalue weighted by Gasteiger charge is -2.24. The molecule has 3 nitrogen and oxygen atoms in total. The number of nitrogens with one attached hydrogen (secondary N) is 1. The second-order valence-electron chi connectivity index (χ2n) is 6.19. The van der Waals surface area contributed by atoms with E-state index < -0.39 is 0 Å². The fraction of sp³-hybridized carbons (Fsp3) is 0.273. The average Bonchev–Trinajstić information content (AvgIpc) is 2.67. The van der Waals surface area contributed by atoms with Crippen molar-refractivity contribution >= 4 is 22.4 Å². The number of fused-ring (bicyclic) bond motifs is 1. The van der Waals surface area contributed by atoms with Crippen LogP contribution >= 0.6 is 11.6 Å². The summed E-state index contributed by atoms with van der Waals surface area (Å²) in [5.41, 5.74) is 2.31. The molecule has 0 unspecified atom stereocenters. The van der Waals surface area contributed by atoms with Gasteiger partial charge in [-0.25, -0.2) is 0 Å². The summed E-state index contributed by atoms with van der Waals surface area (Å²) in [5, 5.41) is 15.9. The Kier molecular flexibility index (Phi) is 6.51. The molecule has 0 fully saturated rings. The van der Waals surface area contributed by atoms with Crippen LogP contribution in [0.4, 0.5) is 0 Å². The van der Waals surface area contributed by atoms with E-state index in [0.29, 0.717) is 13.2 Å². The van der Waals surface area contributed by atoms with Gasteiger partial charge in [-0.1, -0.05) is 54.1 Å². The third-order valence-electron chi connectivity index (χ3n) is 4.43. The van der Waals surface area contributed by atoms with E-state index in [4.69, 9.17) is 16.3 Å². The molecule has 0 saturated heterocycles. The van der Waals surface area contributed by atoms with Crippen molar-refractivity contribution in [3.05, 3.63) is 76.8 Å². The zero-order valence-corrected chi connectivity index (χ0v) is 15.7. The molecule has 0 radical (unpaired) electrons. The standard InChI is InChI=1S/C22H24ClNO2/c1-2-26-21-12-9-17-5-3-4-6-19(17)22(21)20(24-13-14-25)15-16-7-10-18(23)11-8-16/h3-12,20,24-25H,2,13-15H2,1H3/t20-/m1/s1. The van der Waals surface area contributed by atoms with Crippen molar-refractivity contribution in [2.24, 2.45) is 0 Å². The number of benzene rings is 3. The van der Waals surface area contributed by atoms with E-state index in [0.717, 1.165) is 22.8 Å². The lowest BCUT2D eigenvalue weighted by atomic mass is 9.93. The van der Waals surface area contributed by atoms with Gasteiger partial charge in [-0.3, -0.25) is 0 Å². The van der Waals surface area contributed by atoms with Crippen LogP contribution in [-0.4, -0.2) is 24.9 Å². The lowest BCUT2D eigenvalue weighted by molar-refractivity contribution is 0.282. The van der Waals surface area contributed by atoms with Crippen molar-refractivity contribution < 1.29 is 9.84 Å². The van der Waals surface area contributed by atoms with Crippen molar-refractivity contribution in [3.63, 3.8) is 0 Å². The predicted octanol–water partition coefficient (Wildman–Crippen LogP) is 4.76. The Balaban J connectivity index is 2.06. The predicted molar refractivity (Wildman–Crippen MR) is 108 cm³/mol. The zero-order chi connectivity index (χ0) is 18.4. The second-order valence-corrected chi connectivity index (χ2v) is 6.63. The molecule has 3 rings (SSSR count). The van der Waals surface area contributed by atoms with Gasteiger partial charge < -0.3 is 15.2 Å². The molecule has 136 valence electrons. The van der Waals surface area contributed by atoms with Gasteiger partial charge in [0.25, 0.3) is 0 Å². The fourth-order valence-electron chi connectivity index (χ4n) is 3.29. The summed E-state index contributed by atoms with van der Waals surface area (Å²) in [6.07, 6.45) is 0.783. The Hall–Kier alpha value is -2.07. The summed E-state index contributed by atoms with van der Waals surface area (Å²) in [6.45, 7) is 3.21. The van der Waals surface area contributed by atoms with Crippen LogP contribution in [-0.2, 0) is 6.42 Å². The van der Waals surface area contributed by atoms with Crippen LogP contribution in [0.2, 0.25) is 5.02 Å². The Labute approximate surface area is 159 Å². The van der Waals surface area contributed by atoms with Gasteiger partial charge in [0.05, 0.1) is 13.2 Å². The Morgan fingerprint density at radius 2 is 1.81 bits per heavy atom. The average molecular weight is 370 g/mol. The summed E-state index contributed by atoms with van der Waals surface area (Å²) in [6, 6.07) is 20.4. The van der Waals surface area contributed by atoms with E-state index in [1.54, 1.807) is 0 Å². The van der Waals surface area contributed by atoms with Gasteiger partial charge in [-0.2, -0.15) is 0 Å². The SMILES string of the molecule is CCOc1ccc2ccccc2c1[C@@H](Cc1ccc(Cl)cc1)NCCO. The zero-order valence-electron chi connectivity index (χ0n) is 14.9. The number of ether oxygens (including phenoxy) is 1. The first-order chi connectivity index (χ1) is 12.7. The van der Waals surface area contributed by atoms with E-state index in [9.17, 15) is 5.11 Å². The summed E-state index contributed by atoms with van der Waals surface area (Å²) in [5.74, 6) is 0.885. The number of rotatable bonds is 8. The number of hydrogen-bond acceptors (Lipinski definition) is 3. The summed E-state index contributed by atoms with van der Waals surface area (Å²) in [4.78, 5) is 0. The molecule has 0 aliphatic rings. The van der Waals surface area contributed by atoms with Gasteiger partial charge in [-0.05, 0) is 47.9 Å². The molecule has 3 aromatic carbocycles. The van der Waals surface area contributed by atoms with Crippen molar-refractivity contribution in [1.29, 1.82) is 0 Å². The first kappa shape index (κ1) is 18.7. The van der Waals surface area contributed by atoms with Gasteiger partial charge in [0.2, 0.25) is 0 Å². The fourth-order valence-corrected chi connectivity index (χ4v) is 3.41. The van der Waals surface area contributed by atoms with E-state index in [1.807, 2.05) is 49.4 Å². The number of halogens is 1. The summed E-state index contributed by atoms with van der Waals surface area (Å²) in [7, 11) is 0. The number of aliphatic hydroxyl groups excluding tert-OH is 1. The van der Waals surface area contributed by atoms with Gasteiger partial charge >= 0.3 is 0 Å². The van der Waals surface area contributed by atoms with Gasteiger partial charge in [-0.15, -0.1) is 0 Å². The maximum atomic E-state index is 9.34. The molecule has 26 heavy (non-hydrogen) atoms. The smallest absolute Gasteiger partial charge is 0.124 e. The molecule has 1 atom stereocenters.